The van der Waals surface area contributed by atoms with E-state index in [9.17, 15) is 19.6 Å². The van der Waals surface area contributed by atoms with Crippen LogP contribution in [0.3, 0.4) is 0 Å². The SMILES string of the molecule is CCOC(=O)CC(c1ccccc1)N1CC(=O)N(Cc2ccccc2)c2ccc(CCc3cccc(C#N)c3)cc2C1=O. The minimum atomic E-state index is -0.682. The Hall–Kier alpha value is -5.22. The fraction of sp³-hybridized carbons (Fsp3) is 0.222. The first-order valence-electron chi connectivity index (χ1n) is 14.4. The van der Waals surface area contributed by atoms with Gasteiger partial charge in [-0.05, 0) is 66.3 Å². The summed E-state index contributed by atoms with van der Waals surface area (Å²) in [5.41, 5.74) is 5.22. The van der Waals surface area contributed by atoms with E-state index in [0.717, 1.165) is 22.3 Å². The number of anilines is 1. The van der Waals surface area contributed by atoms with Gasteiger partial charge in [-0.15, -0.1) is 0 Å². The molecule has 4 aromatic rings. The standard InChI is InChI=1S/C36H33N3O4/c1-2-43-35(41)22-33(30-14-7-4-8-15-30)39-25-34(40)38(24-28-10-5-3-6-11-28)32-19-18-27(21-31(32)36(39)42)17-16-26-12-9-13-29(20-26)23-37/h3-15,18-21,33H,2,16-17,22,24-25H2,1H3. The lowest BCUT2D eigenvalue weighted by atomic mass is 9.98. The summed E-state index contributed by atoms with van der Waals surface area (Å²) in [6, 6.07) is 33.6. The number of aryl methyl sites for hydroxylation is 2. The van der Waals surface area contributed by atoms with Gasteiger partial charge in [0.25, 0.3) is 5.91 Å². The van der Waals surface area contributed by atoms with Gasteiger partial charge in [0.1, 0.15) is 6.54 Å². The first-order chi connectivity index (χ1) is 21.0. The van der Waals surface area contributed by atoms with Crippen molar-refractivity contribution in [3.63, 3.8) is 0 Å². The first kappa shape index (κ1) is 29.3. The number of ether oxygens (including phenoxy) is 1. The van der Waals surface area contributed by atoms with Crippen molar-refractivity contribution in [2.45, 2.75) is 38.8 Å². The smallest absolute Gasteiger partial charge is 0.308 e. The maximum atomic E-state index is 14.4. The van der Waals surface area contributed by atoms with Crippen molar-refractivity contribution in [1.82, 2.24) is 4.90 Å². The summed E-state index contributed by atoms with van der Waals surface area (Å²) in [5, 5.41) is 9.27. The number of nitriles is 1. The molecule has 0 aromatic heterocycles. The molecule has 5 rings (SSSR count). The van der Waals surface area contributed by atoms with Gasteiger partial charge in [-0.2, -0.15) is 5.26 Å². The van der Waals surface area contributed by atoms with Crippen LogP contribution in [0.1, 0.15) is 57.6 Å². The maximum Gasteiger partial charge on any atom is 0.308 e. The third-order valence-corrected chi connectivity index (χ3v) is 7.62. The van der Waals surface area contributed by atoms with Crippen LogP contribution in [0, 0.1) is 11.3 Å². The largest absolute Gasteiger partial charge is 0.466 e. The first-order valence-corrected chi connectivity index (χ1v) is 14.4. The molecule has 0 saturated carbocycles. The molecule has 7 nitrogen and oxygen atoms in total. The molecule has 1 aliphatic rings. The Bertz CT molecular complexity index is 1650. The average Bonchev–Trinajstić information content (AvgIpc) is 3.14. The van der Waals surface area contributed by atoms with Crippen LogP contribution < -0.4 is 4.90 Å². The van der Waals surface area contributed by atoms with Crippen molar-refractivity contribution >= 4 is 23.5 Å². The summed E-state index contributed by atoms with van der Waals surface area (Å²) in [4.78, 5) is 44.2. The molecule has 216 valence electrons. The normalized spacial score (nSPS) is 13.6. The molecule has 4 aromatic carbocycles. The third kappa shape index (κ3) is 6.99. The molecule has 0 spiro atoms. The van der Waals surface area contributed by atoms with Crippen LogP contribution in [0.5, 0.6) is 0 Å². The minimum Gasteiger partial charge on any atom is -0.466 e. The van der Waals surface area contributed by atoms with Gasteiger partial charge in [0.15, 0.2) is 0 Å². The van der Waals surface area contributed by atoms with Crippen LogP contribution in [-0.2, 0) is 33.7 Å². The third-order valence-electron chi connectivity index (χ3n) is 7.62. The Morgan fingerprint density at radius 1 is 0.860 bits per heavy atom. The van der Waals surface area contributed by atoms with Crippen LogP contribution in [0.4, 0.5) is 5.69 Å². The van der Waals surface area contributed by atoms with Gasteiger partial charge in [0.2, 0.25) is 5.91 Å². The van der Waals surface area contributed by atoms with Crippen molar-refractivity contribution < 1.29 is 19.1 Å². The van der Waals surface area contributed by atoms with Crippen molar-refractivity contribution in [3.8, 4) is 6.07 Å². The maximum absolute atomic E-state index is 14.4. The number of carbonyl (C=O) groups excluding carboxylic acids is 3. The Morgan fingerprint density at radius 3 is 2.23 bits per heavy atom. The van der Waals surface area contributed by atoms with E-state index in [0.29, 0.717) is 36.2 Å². The zero-order valence-corrected chi connectivity index (χ0v) is 24.1. The van der Waals surface area contributed by atoms with Gasteiger partial charge >= 0.3 is 5.97 Å². The van der Waals surface area contributed by atoms with Crippen molar-refractivity contribution in [2.24, 2.45) is 0 Å². The molecular weight excluding hydrogens is 538 g/mol. The summed E-state index contributed by atoms with van der Waals surface area (Å²) in [6.07, 6.45) is 1.27. The van der Waals surface area contributed by atoms with Crippen LogP contribution >= 0.6 is 0 Å². The highest BCUT2D eigenvalue weighted by molar-refractivity contribution is 6.10. The van der Waals surface area contributed by atoms with Crippen LogP contribution in [0.2, 0.25) is 0 Å². The average molecular weight is 572 g/mol. The van der Waals surface area contributed by atoms with Gasteiger partial charge in [0, 0.05) is 0 Å². The number of carbonyl (C=O) groups is 3. The second-order valence-corrected chi connectivity index (χ2v) is 10.5. The molecule has 1 aliphatic heterocycles. The van der Waals surface area contributed by atoms with Gasteiger partial charge in [0.05, 0.1) is 48.5 Å². The van der Waals surface area contributed by atoms with Gasteiger partial charge < -0.3 is 14.5 Å². The Kier molecular flexibility index (Phi) is 9.28. The minimum absolute atomic E-state index is 0.0696. The van der Waals surface area contributed by atoms with Crippen LogP contribution in [0.15, 0.2) is 103 Å². The van der Waals surface area contributed by atoms with Crippen LogP contribution in [-0.4, -0.2) is 35.8 Å². The van der Waals surface area contributed by atoms with E-state index in [1.54, 1.807) is 17.9 Å². The van der Waals surface area contributed by atoms with E-state index in [1.807, 2.05) is 97.1 Å². The second-order valence-electron chi connectivity index (χ2n) is 10.5. The molecule has 7 heteroatoms. The highest BCUT2D eigenvalue weighted by atomic mass is 16.5. The fourth-order valence-electron chi connectivity index (χ4n) is 5.47. The zero-order chi connectivity index (χ0) is 30.2. The number of nitrogens with zero attached hydrogens (tertiary/aromatic N) is 3. The van der Waals surface area contributed by atoms with E-state index in [1.165, 1.54) is 4.90 Å². The second kappa shape index (κ2) is 13.6. The van der Waals surface area contributed by atoms with Gasteiger partial charge in [-0.1, -0.05) is 78.9 Å². The molecule has 0 N–H and O–H groups in total. The van der Waals surface area contributed by atoms with Crippen molar-refractivity contribution in [3.05, 3.63) is 137 Å². The Morgan fingerprint density at radius 2 is 1.53 bits per heavy atom. The quantitative estimate of drug-likeness (QED) is 0.217. The molecule has 0 radical (unpaired) electrons. The lowest BCUT2D eigenvalue weighted by Crippen LogP contribution is -2.41. The highest BCUT2D eigenvalue weighted by Gasteiger charge is 2.37. The molecule has 1 atom stereocenters. The molecular formula is C36H33N3O4. The Balaban J connectivity index is 1.54. The van der Waals surface area contributed by atoms with E-state index in [-0.39, 0.29) is 31.4 Å². The van der Waals surface area contributed by atoms with Crippen LogP contribution in [0.25, 0.3) is 0 Å². The molecule has 0 bridgehead atoms. The molecule has 0 aliphatic carbocycles. The lowest BCUT2D eigenvalue weighted by Gasteiger charge is -2.30. The number of fused-ring (bicyclic) bond motifs is 1. The topological polar surface area (TPSA) is 90.7 Å². The molecule has 0 saturated heterocycles. The van der Waals surface area contributed by atoms with E-state index in [4.69, 9.17) is 4.74 Å². The summed E-state index contributed by atoms with van der Waals surface area (Å²) >= 11 is 0. The van der Waals surface area contributed by atoms with Crippen molar-refractivity contribution in [1.29, 1.82) is 5.26 Å². The summed E-state index contributed by atoms with van der Waals surface area (Å²) in [5.74, 6) is -0.984. The number of rotatable bonds is 10. The van der Waals surface area contributed by atoms with E-state index < -0.39 is 12.0 Å². The lowest BCUT2D eigenvalue weighted by molar-refractivity contribution is -0.144. The summed E-state index contributed by atoms with van der Waals surface area (Å²) in [7, 11) is 0. The molecule has 43 heavy (non-hydrogen) atoms. The van der Waals surface area contributed by atoms with E-state index >= 15 is 0 Å². The molecule has 0 fully saturated rings. The summed E-state index contributed by atoms with van der Waals surface area (Å²) < 4.78 is 5.26. The number of hydrogen-bond donors (Lipinski definition) is 0. The monoisotopic (exact) mass is 571 g/mol. The van der Waals surface area contributed by atoms with Gasteiger partial charge in [-0.25, -0.2) is 0 Å². The number of esters is 1. The highest BCUT2D eigenvalue weighted by Crippen LogP contribution is 2.34. The van der Waals surface area contributed by atoms with E-state index in [2.05, 4.69) is 6.07 Å². The molecule has 2 amide bonds. The summed E-state index contributed by atoms with van der Waals surface area (Å²) in [6.45, 7) is 2.09. The predicted octanol–water partition coefficient (Wildman–Crippen LogP) is 6.03. The fourth-order valence-corrected chi connectivity index (χ4v) is 5.47. The number of benzene rings is 4. The van der Waals surface area contributed by atoms with Crippen molar-refractivity contribution in [2.75, 3.05) is 18.1 Å². The van der Waals surface area contributed by atoms with Gasteiger partial charge in [-0.3, -0.25) is 14.4 Å². The Labute approximate surface area is 251 Å². The predicted molar refractivity (Wildman–Crippen MR) is 164 cm³/mol. The number of amides is 2. The molecule has 1 heterocycles. The number of hydrogen-bond acceptors (Lipinski definition) is 5. The zero-order valence-electron chi connectivity index (χ0n) is 24.1. The molecule has 1 unspecified atom stereocenters.